The summed E-state index contributed by atoms with van der Waals surface area (Å²) in [5.74, 6) is -0.355. The lowest BCUT2D eigenvalue weighted by Gasteiger charge is -2.17. The molecule has 3 aromatic rings. The average Bonchev–Trinajstić information content (AvgIpc) is 2.59. The third kappa shape index (κ3) is 3.96. The van der Waals surface area contributed by atoms with Gasteiger partial charge in [0, 0.05) is 22.0 Å². The molecule has 3 N–H and O–H groups in total. The van der Waals surface area contributed by atoms with E-state index in [0.717, 1.165) is 5.56 Å². The van der Waals surface area contributed by atoms with Crippen LogP contribution in [0.2, 0.25) is 5.02 Å². The van der Waals surface area contributed by atoms with E-state index < -0.39 is 5.63 Å². The molecule has 7 heteroatoms. The van der Waals surface area contributed by atoms with Gasteiger partial charge in [0.05, 0.1) is 13.2 Å². The van der Waals surface area contributed by atoms with Crippen LogP contribution in [0.3, 0.4) is 0 Å². The molecule has 0 saturated carbocycles. The minimum absolute atomic E-state index is 0. The minimum atomic E-state index is -0.522. The Labute approximate surface area is 155 Å². The van der Waals surface area contributed by atoms with Gasteiger partial charge in [-0.05, 0) is 17.2 Å². The van der Waals surface area contributed by atoms with Crippen molar-refractivity contribution in [3.05, 3.63) is 63.5 Å². The van der Waals surface area contributed by atoms with E-state index in [0.29, 0.717) is 23.1 Å². The lowest BCUT2D eigenvalue weighted by atomic mass is 9.99. The van der Waals surface area contributed by atoms with Gasteiger partial charge in [0.25, 0.3) is 0 Å². The average molecular weight is 382 g/mol. The Balaban J connectivity index is 0.00000225. The van der Waals surface area contributed by atoms with Crippen LogP contribution in [-0.4, -0.2) is 18.3 Å². The molecule has 0 aliphatic heterocycles. The number of benzene rings is 2. The van der Waals surface area contributed by atoms with Crippen LogP contribution in [-0.2, 0) is 6.54 Å². The number of hydrogen-bond donors (Lipinski definition) is 2. The maximum Gasteiger partial charge on any atom is 0.336 e. The number of aliphatic hydroxyl groups excluding tert-OH is 1. The third-order valence-corrected chi connectivity index (χ3v) is 4.08. The molecule has 0 aliphatic rings. The second kappa shape index (κ2) is 8.36. The number of aliphatic hydroxyl groups is 1. The van der Waals surface area contributed by atoms with Gasteiger partial charge in [-0.1, -0.05) is 47.7 Å². The predicted octanol–water partition coefficient (Wildman–Crippen LogP) is 1.66. The molecule has 25 heavy (non-hydrogen) atoms. The van der Waals surface area contributed by atoms with Crippen LogP contribution in [0.5, 0.6) is 5.75 Å². The predicted molar refractivity (Wildman–Crippen MR) is 97.2 cm³/mol. The van der Waals surface area contributed by atoms with E-state index in [1.54, 1.807) is 11.4 Å². The van der Waals surface area contributed by atoms with Gasteiger partial charge in [-0.2, -0.15) is 0 Å². The van der Waals surface area contributed by atoms with Gasteiger partial charge in [-0.25, -0.2) is 4.79 Å². The van der Waals surface area contributed by atoms with E-state index >= 15 is 0 Å². The van der Waals surface area contributed by atoms with Gasteiger partial charge < -0.3 is 19.9 Å². The molecule has 0 unspecified atom stereocenters. The summed E-state index contributed by atoms with van der Waals surface area (Å²) in [5.41, 5.74) is 1.58. The number of hydrogen-bond acceptors (Lipinski definition) is 4. The number of nitrogens with two attached hydrogens (primary N) is 1. The summed E-state index contributed by atoms with van der Waals surface area (Å²) in [5, 5.41) is 23.7. The first-order valence-corrected chi connectivity index (χ1v) is 7.94. The molecule has 0 amide bonds. The van der Waals surface area contributed by atoms with Crippen LogP contribution in [0, 0.1) is 0 Å². The monoisotopic (exact) mass is 381 g/mol. The molecule has 0 bridgehead atoms. The first-order valence-electron chi connectivity index (χ1n) is 7.56. The lowest BCUT2D eigenvalue weighted by molar-refractivity contribution is -0.671. The Morgan fingerprint density at radius 1 is 1.20 bits per heavy atom. The molecule has 1 aromatic heterocycles. The summed E-state index contributed by atoms with van der Waals surface area (Å²) in [6, 6.07) is 12.3. The fourth-order valence-corrected chi connectivity index (χ4v) is 2.91. The van der Waals surface area contributed by atoms with Crippen molar-refractivity contribution in [2.45, 2.75) is 6.54 Å². The summed E-state index contributed by atoms with van der Waals surface area (Å²) >= 11 is 6.11. The van der Waals surface area contributed by atoms with Gasteiger partial charge in [0.1, 0.15) is 12.1 Å². The Morgan fingerprint density at radius 2 is 1.92 bits per heavy atom. The van der Waals surface area contributed by atoms with Crippen LogP contribution in [0.15, 0.2) is 51.7 Å². The fourth-order valence-electron chi connectivity index (χ4n) is 2.69. The van der Waals surface area contributed by atoms with Crippen molar-refractivity contribution in [1.82, 2.24) is 0 Å². The molecule has 3 rings (SSSR count). The van der Waals surface area contributed by atoms with E-state index in [4.69, 9.17) is 21.1 Å². The van der Waals surface area contributed by atoms with Crippen molar-refractivity contribution in [3.63, 3.8) is 0 Å². The van der Waals surface area contributed by atoms with E-state index in [-0.39, 0.29) is 41.9 Å². The van der Waals surface area contributed by atoms with Crippen molar-refractivity contribution >= 4 is 35.0 Å². The highest BCUT2D eigenvalue weighted by molar-refractivity contribution is 6.33. The minimum Gasteiger partial charge on any atom is -0.871 e. The lowest BCUT2D eigenvalue weighted by Crippen LogP contribution is -2.83. The van der Waals surface area contributed by atoms with Crippen LogP contribution < -0.4 is 16.0 Å². The van der Waals surface area contributed by atoms with Crippen molar-refractivity contribution < 1.29 is 19.9 Å². The van der Waals surface area contributed by atoms with Crippen molar-refractivity contribution in [3.8, 4) is 16.9 Å². The summed E-state index contributed by atoms with van der Waals surface area (Å²) < 4.78 is 5.32. The molecule has 1 heterocycles. The van der Waals surface area contributed by atoms with Crippen molar-refractivity contribution in [1.29, 1.82) is 0 Å². The molecular weight excluding hydrogens is 365 g/mol. The number of rotatable bonds is 5. The first-order chi connectivity index (χ1) is 11.6. The Kier molecular flexibility index (Phi) is 6.45. The highest BCUT2D eigenvalue weighted by atomic mass is 35.5. The summed E-state index contributed by atoms with van der Waals surface area (Å²) in [4.78, 5) is 12.0. The molecular formula is C18H17Cl2NO4. The largest absolute Gasteiger partial charge is 0.871 e. The Bertz CT molecular complexity index is 926. The SMILES string of the molecule is Cl.O=c1cc(-c2ccccc2)c2cc(Cl)c([O-])c(C[NH2+]CCO)c2o1. The number of quaternary nitrogens is 1. The molecule has 0 radical (unpaired) electrons. The van der Waals surface area contributed by atoms with Gasteiger partial charge in [0.15, 0.2) is 0 Å². The van der Waals surface area contributed by atoms with Crippen LogP contribution in [0.1, 0.15) is 5.56 Å². The van der Waals surface area contributed by atoms with E-state index in [9.17, 15) is 9.90 Å². The standard InChI is InChI=1S/C18H16ClNO4.ClH/c19-15-8-13-12(11-4-2-1-3-5-11)9-16(22)24-18(13)14(17(15)23)10-20-6-7-21;/h1-5,8-9,20-21,23H,6-7,10H2;1H. The zero-order valence-electron chi connectivity index (χ0n) is 13.2. The highest BCUT2D eigenvalue weighted by Crippen LogP contribution is 2.36. The first kappa shape index (κ1) is 19.3. The topological polar surface area (TPSA) is 90.1 Å². The fraction of sp³-hybridized carbons (Fsp3) is 0.167. The molecule has 2 aromatic carbocycles. The summed E-state index contributed by atoms with van der Waals surface area (Å²) in [6.45, 7) is 0.708. The number of halogens is 2. The summed E-state index contributed by atoms with van der Waals surface area (Å²) in [7, 11) is 0. The van der Waals surface area contributed by atoms with Crippen molar-refractivity contribution in [2.24, 2.45) is 0 Å². The zero-order chi connectivity index (χ0) is 17.1. The maximum atomic E-state index is 12.4. The second-order valence-electron chi connectivity index (χ2n) is 5.39. The zero-order valence-corrected chi connectivity index (χ0v) is 14.8. The molecule has 132 valence electrons. The molecule has 0 aliphatic carbocycles. The van der Waals surface area contributed by atoms with E-state index in [2.05, 4.69) is 0 Å². The molecule has 0 atom stereocenters. The van der Waals surface area contributed by atoms with E-state index in [1.807, 2.05) is 30.3 Å². The van der Waals surface area contributed by atoms with Crippen LogP contribution >= 0.6 is 24.0 Å². The van der Waals surface area contributed by atoms with Crippen LogP contribution in [0.25, 0.3) is 22.1 Å². The van der Waals surface area contributed by atoms with Gasteiger partial charge in [0.2, 0.25) is 0 Å². The molecule has 0 spiro atoms. The Morgan fingerprint density at radius 3 is 2.60 bits per heavy atom. The normalized spacial score (nSPS) is 10.6. The van der Waals surface area contributed by atoms with Gasteiger partial charge in [-0.15, -0.1) is 12.4 Å². The molecule has 5 nitrogen and oxygen atoms in total. The van der Waals surface area contributed by atoms with E-state index in [1.165, 1.54) is 6.07 Å². The van der Waals surface area contributed by atoms with Gasteiger partial charge >= 0.3 is 5.63 Å². The van der Waals surface area contributed by atoms with Crippen LogP contribution in [0.4, 0.5) is 0 Å². The maximum absolute atomic E-state index is 12.4. The molecule has 0 fully saturated rings. The third-order valence-electron chi connectivity index (χ3n) is 3.80. The van der Waals surface area contributed by atoms with Gasteiger partial charge in [-0.3, -0.25) is 0 Å². The smallest absolute Gasteiger partial charge is 0.336 e. The summed E-state index contributed by atoms with van der Waals surface area (Å²) in [6.07, 6.45) is 0. The molecule has 0 saturated heterocycles. The Hall–Kier alpha value is -2.05. The second-order valence-corrected chi connectivity index (χ2v) is 5.80. The quantitative estimate of drug-likeness (QED) is 0.519. The number of fused-ring (bicyclic) bond motifs is 1. The highest BCUT2D eigenvalue weighted by Gasteiger charge is 2.15. The van der Waals surface area contributed by atoms with Crippen molar-refractivity contribution in [2.75, 3.05) is 13.2 Å².